The van der Waals surface area contributed by atoms with Crippen molar-refractivity contribution in [3.05, 3.63) is 89.4 Å². The zero-order valence-corrected chi connectivity index (χ0v) is 14.8. The molecule has 0 N–H and O–H groups in total. The first-order valence-electron chi connectivity index (χ1n) is 8.97. The number of carbonyl (C=O) groups excluding carboxylic acids is 2. The third-order valence-corrected chi connectivity index (χ3v) is 5.61. The number of hydrogen-bond acceptors (Lipinski definition) is 4. The van der Waals surface area contributed by atoms with Gasteiger partial charge < -0.3 is 14.2 Å². The first-order valence-corrected chi connectivity index (χ1v) is 8.97. The van der Waals surface area contributed by atoms with E-state index >= 15 is 0 Å². The molecular weight excluding hydrogens is 361 g/mol. The molecule has 5 rings (SSSR count). The predicted octanol–water partition coefficient (Wildman–Crippen LogP) is 2.82. The van der Waals surface area contributed by atoms with Crippen molar-refractivity contribution >= 4 is 11.8 Å². The van der Waals surface area contributed by atoms with Crippen molar-refractivity contribution < 1.29 is 18.4 Å². The van der Waals surface area contributed by atoms with Gasteiger partial charge in [0.2, 0.25) is 0 Å². The van der Waals surface area contributed by atoms with Crippen molar-refractivity contribution in [3.8, 4) is 0 Å². The summed E-state index contributed by atoms with van der Waals surface area (Å²) in [5, 5.41) is 0. The van der Waals surface area contributed by atoms with Crippen LogP contribution in [0, 0.1) is 5.82 Å². The van der Waals surface area contributed by atoms with Crippen LogP contribution in [0.1, 0.15) is 31.8 Å². The molecule has 1 fully saturated rings. The van der Waals surface area contributed by atoms with Crippen LogP contribution < -0.4 is 0 Å². The summed E-state index contributed by atoms with van der Waals surface area (Å²) >= 11 is 0. The van der Waals surface area contributed by atoms with Gasteiger partial charge >= 0.3 is 0 Å². The van der Waals surface area contributed by atoms with E-state index in [0.29, 0.717) is 29.8 Å². The number of rotatable bonds is 2. The Bertz CT molecular complexity index is 1070. The monoisotopic (exact) mass is 377 g/mol. The highest BCUT2D eigenvalue weighted by Crippen LogP contribution is 2.45. The molecule has 1 aromatic carbocycles. The molecule has 6 nitrogen and oxygen atoms in total. The molecule has 0 bridgehead atoms. The minimum atomic E-state index is -1.11. The Morgan fingerprint density at radius 3 is 2.71 bits per heavy atom. The molecule has 1 unspecified atom stereocenters. The molecule has 2 aliphatic heterocycles. The van der Waals surface area contributed by atoms with Gasteiger partial charge in [0, 0.05) is 48.6 Å². The van der Waals surface area contributed by atoms with Gasteiger partial charge in [0.1, 0.15) is 17.7 Å². The number of nitrogens with zero attached hydrogens (tertiary/aromatic N) is 3. The molecule has 28 heavy (non-hydrogen) atoms. The fourth-order valence-corrected chi connectivity index (χ4v) is 4.35. The minimum Gasteiger partial charge on any atom is -0.472 e. The highest BCUT2D eigenvalue weighted by Gasteiger charge is 2.56. The number of benzene rings is 1. The number of halogens is 1. The SMILES string of the molecule is O=C(c1ccoc1)N1CCN2C(=O)c3cccc(F)c3CC12c1ccncc1. The van der Waals surface area contributed by atoms with Crippen molar-refractivity contribution in [2.45, 2.75) is 12.1 Å². The fraction of sp³-hybridized carbons (Fsp3) is 0.190. The number of aromatic nitrogens is 1. The van der Waals surface area contributed by atoms with Crippen molar-refractivity contribution in [2.75, 3.05) is 13.1 Å². The number of amides is 2. The van der Waals surface area contributed by atoms with E-state index < -0.39 is 11.5 Å². The lowest BCUT2D eigenvalue weighted by atomic mass is 9.83. The van der Waals surface area contributed by atoms with Crippen LogP contribution in [0.25, 0.3) is 0 Å². The lowest BCUT2D eigenvalue weighted by molar-refractivity contribution is 0.00705. The Labute approximate surface area is 160 Å². The van der Waals surface area contributed by atoms with Crippen LogP contribution in [0.15, 0.2) is 65.7 Å². The van der Waals surface area contributed by atoms with Crippen molar-refractivity contribution in [3.63, 3.8) is 0 Å². The summed E-state index contributed by atoms with van der Waals surface area (Å²) in [5.41, 5.74) is 0.680. The predicted molar refractivity (Wildman–Crippen MR) is 96.8 cm³/mol. The van der Waals surface area contributed by atoms with E-state index in [1.165, 1.54) is 24.7 Å². The normalized spacial score (nSPS) is 20.8. The van der Waals surface area contributed by atoms with E-state index in [0.717, 1.165) is 5.56 Å². The molecule has 2 aliphatic rings. The Kier molecular flexibility index (Phi) is 3.58. The minimum absolute atomic E-state index is 0.175. The second-order valence-electron chi connectivity index (χ2n) is 6.92. The summed E-state index contributed by atoms with van der Waals surface area (Å²) in [5.74, 6) is -0.984. The molecule has 1 atom stereocenters. The number of pyridine rings is 1. The summed E-state index contributed by atoms with van der Waals surface area (Å²) in [6.45, 7) is 0.703. The highest BCUT2D eigenvalue weighted by atomic mass is 19.1. The fourth-order valence-electron chi connectivity index (χ4n) is 4.35. The molecule has 0 spiro atoms. The molecule has 2 aromatic heterocycles. The molecule has 4 heterocycles. The molecule has 140 valence electrons. The molecule has 2 amide bonds. The molecular formula is C21H16FN3O3. The average Bonchev–Trinajstić information content (AvgIpc) is 3.38. The van der Waals surface area contributed by atoms with Crippen LogP contribution in [0.4, 0.5) is 4.39 Å². The topological polar surface area (TPSA) is 66.7 Å². The van der Waals surface area contributed by atoms with Crippen LogP contribution in [0.2, 0.25) is 0 Å². The molecule has 1 saturated heterocycles. The van der Waals surface area contributed by atoms with Gasteiger partial charge in [-0.05, 0) is 30.3 Å². The lowest BCUT2D eigenvalue weighted by Gasteiger charge is -2.47. The summed E-state index contributed by atoms with van der Waals surface area (Å²) in [4.78, 5) is 33.9. The first kappa shape index (κ1) is 16.7. The quantitative estimate of drug-likeness (QED) is 0.689. The Morgan fingerprint density at radius 1 is 1.14 bits per heavy atom. The zero-order valence-electron chi connectivity index (χ0n) is 14.8. The molecule has 0 radical (unpaired) electrons. The Hall–Kier alpha value is -3.48. The molecule has 0 saturated carbocycles. The van der Waals surface area contributed by atoms with Crippen LogP contribution >= 0.6 is 0 Å². The van der Waals surface area contributed by atoms with Crippen molar-refractivity contribution in [1.82, 2.24) is 14.8 Å². The third kappa shape index (κ3) is 2.16. The van der Waals surface area contributed by atoms with E-state index in [2.05, 4.69) is 4.98 Å². The van der Waals surface area contributed by atoms with Crippen molar-refractivity contribution in [2.24, 2.45) is 0 Å². The molecule has 7 heteroatoms. The van der Waals surface area contributed by atoms with E-state index in [9.17, 15) is 14.0 Å². The van der Waals surface area contributed by atoms with Gasteiger partial charge in [-0.25, -0.2) is 4.39 Å². The highest BCUT2D eigenvalue weighted by molar-refractivity contribution is 6.00. The summed E-state index contributed by atoms with van der Waals surface area (Å²) < 4.78 is 19.8. The van der Waals surface area contributed by atoms with Gasteiger partial charge in [0.05, 0.1) is 11.8 Å². The summed E-state index contributed by atoms with van der Waals surface area (Å²) in [6, 6.07) is 9.65. The van der Waals surface area contributed by atoms with E-state index in [4.69, 9.17) is 4.42 Å². The average molecular weight is 377 g/mol. The largest absolute Gasteiger partial charge is 0.472 e. The second kappa shape index (κ2) is 6.02. The van der Waals surface area contributed by atoms with Gasteiger partial charge in [-0.2, -0.15) is 0 Å². The van der Waals surface area contributed by atoms with Gasteiger partial charge in [-0.3, -0.25) is 14.6 Å². The van der Waals surface area contributed by atoms with Crippen LogP contribution in [-0.2, 0) is 12.1 Å². The number of furan rings is 1. The lowest BCUT2D eigenvalue weighted by Crippen LogP contribution is -2.58. The van der Waals surface area contributed by atoms with E-state index in [1.54, 1.807) is 46.5 Å². The summed E-state index contributed by atoms with van der Waals surface area (Å²) in [6.07, 6.45) is 6.21. The van der Waals surface area contributed by atoms with Crippen LogP contribution in [-0.4, -0.2) is 39.7 Å². The van der Waals surface area contributed by atoms with Crippen LogP contribution in [0.5, 0.6) is 0 Å². The number of carbonyl (C=O) groups is 2. The van der Waals surface area contributed by atoms with Crippen LogP contribution in [0.3, 0.4) is 0 Å². The van der Waals surface area contributed by atoms with Gasteiger partial charge in [-0.1, -0.05) is 6.07 Å². The van der Waals surface area contributed by atoms with Gasteiger partial charge in [-0.15, -0.1) is 0 Å². The number of hydrogen-bond donors (Lipinski definition) is 0. The molecule has 3 aromatic rings. The Morgan fingerprint density at radius 2 is 1.96 bits per heavy atom. The second-order valence-corrected chi connectivity index (χ2v) is 6.92. The standard InChI is InChI=1S/C21H16FN3O3/c22-18-3-1-2-16-17(18)12-21(15-4-7-23-8-5-15)24(9-10-25(21)20(16)27)19(26)14-6-11-28-13-14/h1-8,11,13H,9-10,12H2. The summed E-state index contributed by atoms with van der Waals surface area (Å²) in [7, 11) is 0. The third-order valence-electron chi connectivity index (χ3n) is 5.61. The maximum absolute atomic E-state index is 14.7. The van der Waals surface area contributed by atoms with Gasteiger partial charge in [0.15, 0.2) is 0 Å². The first-order chi connectivity index (χ1) is 13.6. The zero-order chi connectivity index (χ0) is 19.3. The van der Waals surface area contributed by atoms with Gasteiger partial charge in [0.25, 0.3) is 11.8 Å². The maximum Gasteiger partial charge on any atom is 0.259 e. The van der Waals surface area contributed by atoms with Crippen molar-refractivity contribution in [1.29, 1.82) is 0 Å². The maximum atomic E-state index is 14.7. The van der Waals surface area contributed by atoms with E-state index in [1.807, 2.05) is 0 Å². The number of fused-ring (bicyclic) bond motifs is 2. The Balaban J connectivity index is 1.73. The molecule has 0 aliphatic carbocycles. The smallest absolute Gasteiger partial charge is 0.259 e. The van der Waals surface area contributed by atoms with E-state index in [-0.39, 0.29) is 18.2 Å².